The summed E-state index contributed by atoms with van der Waals surface area (Å²) in [4.78, 5) is 36.7. The van der Waals surface area contributed by atoms with Crippen molar-refractivity contribution in [2.24, 2.45) is 0 Å². The number of hydrogen-bond acceptors (Lipinski definition) is 6. The van der Waals surface area contributed by atoms with Crippen molar-refractivity contribution in [3.63, 3.8) is 0 Å². The zero-order valence-corrected chi connectivity index (χ0v) is 14.8. The van der Waals surface area contributed by atoms with E-state index >= 15 is 0 Å². The van der Waals surface area contributed by atoms with E-state index in [0.717, 1.165) is 53.9 Å². The Hall–Kier alpha value is -2.26. The average molecular weight is 377 g/mol. The highest BCUT2D eigenvalue weighted by molar-refractivity contribution is 7.18. The number of nitrogens with one attached hydrogen (secondary N) is 2. The molecule has 1 fully saturated rings. The van der Waals surface area contributed by atoms with Gasteiger partial charge in [0, 0.05) is 17.0 Å². The van der Waals surface area contributed by atoms with Crippen molar-refractivity contribution in [1.82, 2.24) is 5.32 Å². The van der Waals surface area contributed by atoms with E-state index in [1.165, 1.54) is 23.5 Å². The van der Waals surface area contributed by atoms with E-state index < -0.39 is 10.8 Å². The van der Waals surface area contributed by atoms with Crippen molar-refractivity contribution in [3.05, 3.63) is 43.1 Å². The number of hydrogen-bond donors (Lipinski definition) is 2. The first-order valence-electron chi connectivity index (χ1n) is 8.04. The van der Waals surface area contributed by atoms with Crippen molar-refractivity contribution >= 4 is 44.5 Å². The fourth-order valence-electron chi connectivity index (χ4n) is 2.93. The monoisotopic (exact) mass is 377 g/mol. The van der Waals surface area contributed by atoms with Crippen LogP contribution in [-0.4, -0.2) is 22.8 Å². The van der Waals surface area contributed by atoms with Crippen molar-refractivity contribution in [2.75, 3.05) is 5.32 Å². The van der Waals surface area contributed by atoms with Crippen LogP contribution in [0.1, 0.15) is 49.7 Å². The molecule has 2 heterocycles. The third-order valence-corrected chi connectivity index (χ3v) is 6.53. The SMILES string of the molecule is O=C(Nc1sc2c(c1C(=O)NC1CC1)CCC2)c1ccc([N+](=O)[O-])s1. The highest BCUT2D eigenvalue weighted by Gasteiger charge is 2.31. The Kier molecular flexibility index (Phi) is 4.04. The molecule has 0 aliphatic heterocycles. The predicted octanol–water partition coefficient (Wildman–Crippen LogP) is 3.35. The first-order chi connectivity index (χ1) is 12.0. The number of carbonyl (C=O) groups excluding carboxylic acids is 2. The lowest BCUT2D eigenvalue weighted by atomic mass is 10.1. The van der Waals surface area contributed by atoms with Crippen LogP contribution in [0, 0.1) is 10.1 Å². The van der Waals surface area contributed by atoms with Crippen LogP contribution >= 0.6 is 22.7 Å². The Morgan fingerprint density at radius 3 is 2.64 bits per heavy atom. The molecule has 25 heavy (non-hydrogen) atoms. The molecule has 7 nitrogen and oxygen atoms in total. The van der Waals surface area contributed by atoms with Gasteiger partial charge in [-0.3, -0.25) is 19.7 Å². The molecular weight excluding hydrogens is 362 g/mol. The lowest BCUT2D eigenvalue weighted by molar-refractivity contribution is -0.380. The lowest BCUT2D eigenvalue weighted by Crippen LogP contribution is -2.27. The number of thiophene rings is 2. The summed E-state index contributed by atoms with van der Waals surface area (Å²) in [5, 5.41) is 17.0. The molecule has 2 amide bonds. The molecule has 2 aromatic rings. The smallest absolute Gasteiger partial charge is 0.324 e. The van der Waals surface area contributed by atoms with Gasteiger partial charge in [0.05, 0.1) is 15.4 Å². The van der Waals surface area contributed by atoms with Crippen molar-refractivity contribution in [1.29, 1.82) is 0 Å². The van der Waals surface area contributed by atoms with Gasteiger partial charge in [-0.15, -0.1) is 11.3 Å². The van der Waals surface area contributed by atoms with Crippen molar-refractivity contribution in [2.45, 2.75) is 38.1 Å². The molecule has 2 aliphatic rings. The second-order valence-electron chi connectivity index (χ2n) is 6.16. The van der Waals surface area contributed by atoms with E-state index in [2.05, 4.69) is 10.6 Å². The van der Waals surface area contributed by atoms with E-state index in [9.17, 15) is 19.7 Å². The van der Waals surface area contributed by atoms with Gasteiger partial charge in [-0.2, -0.15) is 0 Å². The fourth-order valence-corrected chi connectivity index (χ4v) is 4.93. The number of rotatable bonds is 5. The molecule has 2 N–H and O–H groups in total. The minimum absolute atomic E-state index is 0.0782. The molecule has 0 unspecified atom stereocenters. The number of nitro groups is 1. The molecule has 0 atom stereocenters. The summed E-state index contributed by atoms with van der Waals surface area (Å²) in [5.74, 6) is -0.548. The molecule has 0 radical (unpaired) electrons. The second-order valence-corrected chi connectivity index (χ2v) is 8.33. The molecule has 2 aromatic heterocycles. The van der Waals surface area contributed by atoms with Crippen LogP contribution in [0.25, 0.3) is 0 Å². The first-order valence-corrected chi connectivity index (χ1v) is 9.67. The normalized spacial score (nSPS) is 15.7. The lowest BCUT2D eigenvalue weighted by Gasteiger charge is -2.08. The fraction of sp³-hybridized carbons (Fsp3) is 0.375. The van der Waals surface area contributed by atoms with Gasteiger partial charge in [0.25, 0.3) is 11.8 Å². The van der Waals surface area contributed by atoms with Gasteiger partial charge in [0.1, 0.15) is 5.00 Å². The van der Waals surface area contributed by atoms with Crippen LogP contribution in [0.15, 0.2) is 12.1 Å². The Labute approximate surface area is 151 Å². The maximum Gasteiger partial charge on any atom is 0.324 e. The third-order valence-electron chi connectivity index (χ3n) is 4.28. The van der Waals surface area contributed by atoms with E-state index in [0.29, 0.717) is 10.6 Å². The summed E-state index contributed by atoms with van der Waals surface area (Å²) in [6.45, 7) is 0. The molecule has 0 saturated heterocycles. The standard InChI is InChI=1S/C16H15N3O4S2/c20-14(11-6-7-12(24-11)19(22)23)18-16-13(15(21)17-8-4-5-8)9-2-1-3-10(9)25-16/h6-8H,1-5H2,(H,17,21)(H,18,20). The summed E-state index contributed by atoms with van der Waals surface area (Å²) < 4.78 is 0. The van der Waals surface area contributed by atoms with Crippen LogP contribution in [0.2, 0.25) is 0 Å². The van der Waals surface area contributed by atoms with E-state index in [1.54, 1.807) is 0 Å². The molecule has 4 rings (SSSR count). The number of carbonyl (C=O) groups is 2. The van der Waals surface area contributed by atoms with Crippen LogP contribution in [-0.2, 0) is 12.8 Å². The Bertz CT molecular complexity index is 882. The number of fused-ring (bicyclic) bond motifs is 1. The molecule has 1 saturated carbocycles. The molecule has 0 spiro atoms. The number of aryl methyl sites for hydroxylation is 1. The van der Waals surface area contributed by atoms with Crippen molar-refractivity contribution < 1.29 is 14.5 Å². The van der Waals surface area contributed by atoms with E-state index in [4.69, 9.17) is 0 Å². The van der Waals surface area contributed by atoms with Gasteiger partial charge in [-0.05, 0) is 43.7 Å². The van der Waals surface area contributed by atoms with Crippen LogP contribution < -0.4 is 10.6 Å². The minimum Gasteiger partial charge on any atom is -0.349 e. The summed E-state index contributed by atoms with van der Waals surface area (Å²) >= 11 is 2.27. The van der Waals surface area contributed by atoms with Gasteiger partial charge in [-0.1, -0.05) is 11.3 Å². The Morgan fingerprint density at radius 1 is 1.16 bits per heavy atom. The summed E-state index contributed by atoms with van der Waals surface area (Å²) in [5.41, 5.74) is 1.61. The second kappa shape index (κ2) is 6.23. The van der Waals surface area contributed by atoms with Gasteiger partial charge in [0.2, 0.25) is 0 Å². The quantitative estimate of drug-likeness (QED) is 0.616. The molecule has 0 aromatic carbocycles. The maximum atomic E-state index is 12.6. The van der Waals surface area contributed by atoms with Gasteiger partial charge < -0.3 is 10.6 Å². The molecule has 2 aliphatic carbocycles. The highest BCUT2D eigenvalue weighted by atomic mass is 32.1. The zero-order valence-electron chi connectivity index (χ0n) is 13.2. The summed E-state index contributed by atoms with van der Waals surface area (Å²) in [6, 6.07) is 2.99. The third kappa shape index (κ3) is 3.16. The molecular formula is C16H15N3O4S2. The summed E-state index contributed by atoms with van der Waals surface area (Å²) in [6.07, 6.45) is 4.79. The Morgan fingerprint density at radius 2 is 1.96 bits per heavy atom. The number of amides is 2. The summed E-state index contributed by atoms with van der Waals surface area (Å²) in [7, 11) is 0. The average Bonchev–Trinajstić information content (AvgIpc) is 3.00. The largest absolute Gasteiger partial charge is 0.349 e. The van der Waals surface area contributed by atoms with E-state index in [1.807, 2.05) is 0 Å². The van der Waals surface area contributed by atoms with Crippen LogP contribution in [0.3, 0.4) is 0 Å². The number of anilines is 1. The zero-order chi connectivity index (χ0) is 17.6. The highest BCUT2D eigenvalue weighted by Crippen LogP contribution is 2.40. The minimum atomic E-state index is -0.518. The van der Waals surface area contributed by atoms with Gasteiger partial charge >= 0.3 is 5.00 Å². The van der Waals surface area contributed by atoms with Crippen molar-refractivity contribution in [3.8, 4) is 0 Å². The van der Waals surface area contributed by atoms with Gasteiger partial charge in [-0.25, -0.2) is 0 Å². The van der Waals surface area contributed by atoms with E-state index in [-0.39, 0.29) is 21.8 Å². The topological polar surface area (TPSA) is 101 Å². The maximum absolute atomic E-state index is 12.6. The van der Waals surface area contributed by atoms with Gasteiger partial charge in [0.15, 0.2) is 0 Å². The predicted molar refractivity (Wildman–Crippen MR) is 95.8 cm³/mol. The van der Waals surface area contributed by atoms with Crippen LogP contribution in [0.4, 0.5) is 10.0 Å². The Balaban J connectivity index is 1.59. The molecule has 130 valence electrons. The number of nitrogens with zero attached hydrogens (tertiary/aromatic N) is 1. The molecule has 0 bridgehead atoms. The first kappa shape index (κ1) is 16.2. The van der Waals surface area contributed by atoms with Crippen LogP contribution in [0.5, 0.6) is 0 Å². The molecule has 9 heteroatoms.